The van der Waals surface area contributed by atoms with Crippen molar-refractivity contribution >= 4 is 99.1 Å². The molecule has 4 aromatic rings. The zero-order valence-electron chi connectivity index (χ0n) is 20.5. The zero-order valence-corrected chi connectivity index (χ0v) is 24.5. The fraction of sp³-hybridized carbons (Fsp3) is 0. The third-order valence-electron chi connectivity index (χ3n) is 5.17. The lowest BCUT2D eigenvalue weighted by Crippen LogP contribution is -2.19. The van der Waals surface area contributed by atoms with Crippen LogP contribution in [0.5, 0.6) is 0 Å². The summed E-state index contributed by atoms with van der Waals surface area (Å²) in [6, 6.07) is 5.29. The second-order valence-electron chi connectivity index (χ2n) is 8.13. The molecule has 0 bridgehead atoms. The number of benzene rings is 3. The van der Waals surface area contributed by atoms with Crippen LogP contribution in [0.3, 0.4) is 0 Å². The molecule has 0 saturated carbocycles. The number of nitrogens with one attached hydrogen (secondary N) is 2. The molecular weight excluding hydrogens is 679 g/mol. The molecule has 3 aromatic carbocycles. The number of rotatable bonds is 8. The lowest BCUT2D eigenvalue weighted by Gasteiger charge is -2.12. The number of carbonyl (C=O) groups is 1. The molecule has 0 aliphatic carbocycles. The van der Waals surface area contributed by atoms with Crippen molar-refractivity contribution in [2.75, 3.05) is 10.6 Å². The number of halogens is 2. The predicted octanol–water partition coefficient (Wildman–Crippen LogP) is 3.72. The summed E-state index contributed by atoms with van der Waals surface area (Å²) < 4.78 is 101. The second kappa shape index (κ2) is 11.5. The van der Waals surface area contributed by atoms with Crippen LogP contribution in [-0.4, -0.2) is 59.9 Å². The molecule has 43 heavy (non-hydrogen) atoms. The van der Waals surface area contributed by atoms with E-state index < -0.39 is 67.5 Å². The van der Waals surface area contributed by atoms with E-state index in [4.69, 9.17) is 28.9 Å². The van der Waals surface area contributed by atoms with Gasteiger partial charge >= 0.3 is 6.03 Å². The molecule has 0 radical (unpaired) electrons. The van der Waals surface area contributed by atoms with E-state index in [9.17, 15) is 43.7 Å². The van der Waals surface area contributed by atoms with Crippen LogP contribution in [-0.2, 0) is 30.4 Å². The highest BCUT2D eigenvalue weighted by Gasteiger charge is 2.25. The molecule has 7 N–H and O–H groups in total. The summed E-state index contributed by atoms with van der Waals surface area (Å²) in [7, 11) is -15.3. The van der Waals surface area contributed by atoms with E-state index in [1.807, 2.05) is 0 Å². The molecular formula is C20H14Cl2N8O10S3. The van der Waals surface area contributed by atoms with E-state index in [-0.39, 0.29) is 33.6 Å². The SMILES string of the molecule is NC(=O)Nc1cc(Nc2nc(Cl)nc(Cl)n2)ccc1N=Nc1cc(S(=O)(=O)O)cc2cc(S(=O)(=O)O)cc(S(=O)(=O)O)c12. The van der Waals surface area contributed by atoms with Gasteiger partial charge in [-0.15, -0.1) is 10.2 Å². The second-order valence-corrected chi connectivity index (χ2v) is 13.0. The van der Waals surface area contributed by atoms with Crippen LogP contribution in [0.2, 0.25) is 10.6 Å². The van der Waals surface area contributed by atoms with Crippen LogP contribution in [0.1, 0.15) is 0 Å². The summed E-state index contributed by atoms with van der Waals surface area (Å²) in [6.07, 6.45) is 0. The average molecular weight is 693 g/mol. The van der Waals surface area contributed by atoms with Crippen LogP contribution in [0.15, 0.2) is 67.4 Å². The van der Waals surface area contributed by atoms with Crippen molar-refractivity contribution in [3.05, 3.63) is 53.0 Å². The van der Waals surface area contributed by atoms with Crippen molar-refractivity contribution in [3.8, 4) is 0 Å². The maximum absolute atomic E-state index is 12.2. The number of nitrogens with two attached hydrogens (primary N) is 1. The number of nitrogens with zero attached hydrogens (tertiary/aromatic N) is 5. The van der Waals surface area contributed by atoms with Crippen molar-refractivity contribution in [3.63, 3.8) is 0 Å². The molecule has 226 valence electrons. The highest BCUT2D eigenvalue weighted by Crippen LogP contribution is 2.38. The topological polar surface area (TPSA) is 294 Å². The maximum Gasteiger partial charge on any atom is 0.316 e. The van der Waals surface area contributed by atoms with Crippen molar-refractivity contribution < 1.29 is 43.7 Å². The number of urea groups is 1. The minimum atomic E-state index is -5.24. The number of anilines is 3. The van der Waals surface area contributed by atoms with Gasteiger partial charge in [0.05, 0.1) is 21.2 Å². The molecule has 0 unspecified atom stereocenters. The standard InChI is InChI=1S/C20H14Cl2N8O10S3/c21-17-26-18(22)28-20(27-17)24-9-1-2-12(13(5-9)25-19(23)31)29-30-14-6-10(41(32,33)34)3-8-4-11(42(35,36)37)7-15(16(8)14)43(38,39)40/h1-7H,(H3,23,25,31)(H,32,33,34)(H,35,36,37)(H,38,39,40)(H,24,26,27,28). The van der Waals surface area contributed by atoms with Gasteiger partial charge in [-0.1, -0.05) is 0 Å². The minimum Gasteiger partial charge on any atom is -0.351 e. The molecule has 0 spiro atoms. The number of primary amides is 1. The van der Waals surface area contributed by atoms with Crippen molar-refractivity contribution in [2.45, 2.75) is 14.7 Å². The Bertz CT molecular complexity index is 2160. The van der Waals surface area contributed by atoms with E-state index in [1.54, 1.807) is 0 Å². The number of carbonyl (C=O) groups excluding carboxylic acids is 1. The van der Waals surface area contributed by atoms with Gasteiger partial charge < -0.3 is 16.4 Å². The normalized spacial score (nSPS) is 12.5. The van der Waals surface area contributed by atoms with Gasteiger partial charge in [-0.2, -0.15) is 40.2 Å². The number of hydrogen-bond donors (Lipinski definition) is 6. The van der Waals surface area contributed by atoms with Gasteiger partial charge in [0, 0.05) is 11.1 Å². The number of azo groups is 1. The fourth-order valence-corrected chi connectivity index (χ4v) is 5.81. The van der Waals surface area contributed by atoms with Crippen LogP contribution in [0.4, 0.5) is 33.5 Å². The third kappa shape index (κ3) is 7.66. The van der Waals surface area contributed by atoms with Gasteiger partial charge in [-0.3, -0.25) is 13.7 Å². The van der Waals surface area contributed by atoms with Crippen molar-refractivity contribution in [1.82, 2.24) is 15.0 Å². The Morgan fingerprint density at radius 3 is 1.86 bits per heavy atom. The summed E-state index contributed by atoms with van der Waals surface area (Å²) >= 11 is 11.5. The van der Waals surface area contributed by atoms with E-state index in [0.29, 0.717) is 24.3 Å². The number of fused-ring (bicyclic) bond motifs is 1. The molecule has 18 nitrogen and oxygen atoms in total. The smallest absolute Gasteiger partial charge is 0.316 e. The average Bonchev–Trinajstić information content (AvgIpc) is 2.84. The summed E-state index contributed by atoms with van der Waals surface area (Å²) in [6.45, 7) is 0. The van der Waals surface area contributed by atoms with Crippen LogP contribution >= 0.6 is 23.2 Å². The monoisotopic (exact) mass is 692 g/mol. The summed E-state index contributed by atoms with van der Waals surface area (Å²) in [5, 5.41) is 11.2. The largest absolute Gasteiger partial charge is 0.351 e. The number of amides is 2. The lowest BCUT2D eigenvalue weighted by atomic mass is 10.1. The molecule has 1 heterocycles. The number of hydrogen-bond acceptors (Lipinski definition) is 13. The Morgan fingerprint density at radius 1 is 0.767 bits per heavy atom. The first-order valence-corrected chi connectivity index (χ1v) is 15.9. The van der Waals surface area contributed by atoms with E-state index in [1.165, 1.54) is 18.2 Å². The highest BCUT2D eigenvalue weighted by molar-refractivity contribution is 7.87. The number of aromatic nitrogens is 3. The molecule has 23 heteroatoms. The minimum absolute atomic E-state index is 0.0834. The zero-order chi connectivity index (χ0) is 31.9. The first-order valence-electron chi connectivity index (χ1n) is 10.8. The maximum atomic E-state index is 12.2. The van der Waals surface area contributed by atoms with Gasteiger partial charge in [0.15, 0.2) is 0 Å². The van der Waals surface area contributed by atoms with Crippen LogP contribution < -0.4 is 16.4 Å². The Hall–Kier alpha value is -4.09. The van der Waals surface area contributed by atoms with Gasteiger partial charge in [0.1, 0.15) is 10.6 Å². The molecule has 0 aliphatic heterocycles. The summed E-state index contributed by atoms with van der Waals surface area (Å²) in [5.74, 6) is -0.0834. The van der Waals surface area contributed by atoms with Gasteiger partial charge in [-0.25, -0.2) is 4.79 Å². The molecule has 2 amide bonds. The Balaban J connectivity index is 1.92. The Labute approximate surface area is 251 Å². The highest BCUT2D eigenvalue weighted by atomic mass is 35.5. The predicted molar refractivity (Wildman–Crippen MR) is 150 cm³/mol. The van der Waals surface area contributed by atoms with Crippen LogP contribution in [0, 0.1) is 0 Å². The molecule has 0 atom stereocenters. The first-order chi connectivity index (χ1) is 19.8. The van der Waals surface area contributed by atoms with E-state index >= 15 is 0 Å². The van der Waals surface area contributed by atoms with Crippen molar-refractivity contribution in [2.24, 2.45) is 16.0 Å². The van der Waals surface area contributed by atoms with Crippen molar-refractivity contribution in [1.29, 1.82) is 0 Å². The quantitative estimate of drug-likeness (QED) is 0.113. The summed E-state index contributed by atoms with van der Waals surface area (Å²) in [4.78, 5) is 19.9. The van der Waals surface area contributed by atoms with Gasteiger partial charge in [0.2, 0.25) is 16.5 Å². The first kappa shape index (κ1) is 31.8. The molecule has 4 rings (SSSR count). The summed E-state index contributed by atoms with van der Waals surface area (Å²) in [5.41, 5.74) is 4.60. The van der Waals surface area contributed by atoms with Gasteiger partial charge in [-0.05, 0) is 71.1 Å². The van der Waals surface area contributed by atoms with E-state index in [2.05, 4.69) is 35.8 Å². The van der Waals surface area contributed by atoms with E-state index in [0.717, 1.165) is 0 Å². The molecule has 0 saturated heterocycles. The molecule has 0 fully saturated rings. The third-order valence-corrected chi connectivity index (χ3v) is 8.05. The Morgan fingerprint density at radius 2 is 1.33 bits per heavy atom. The molecule has 0 aliphatic rings. The van der Waals surface area contributed by atoms with Crippen LogP contribution in [0.25, 0.3) is 10.8 Å². The lowest BCUT2D eigenvalue weighted by molar-refractivity contribution is 0.259. The van der Waals surface area contributed by atoms with Gasteiger partial charge in [0.25, 0.3) is 30.4 Å². The molecule has 1 aromatic heterocycles. The fourth-order valence-electron chi connectivity index (χ4n) is 3.53. The Kier molecular flexibility index (Phi) is 8.54.